The topological polar surface area (TPSA) is 110 Å². The van der Waals surface area contributed by atoms with E-state index in [1.54, 1.807) is 24.3 Å². The first-order valence-corrected chi connectivity index (χ1v) is 8.69. The number of hydrogen-bond acceptors (Lipinski definition) is 7. The van der Waals surface area contributed by atoms with Gasteiger partial charge in [0.2, 0.25) is 16.1 Å². The number of aromatic nitrogens is 4. The Balaban J connectivity index is 1.70. The minimum atomic E-state index is -4.62. The summed E-state index contributed by atoms with van der Waals surface area (Å²) in [4.78, 5) is 20.9. The molecule has 8 nitrogen and oxygen atoms in total. The molecule has 12 heteroatoms. The van der Waals surface area contributed by atoms with Gasteiger partial charge >= 0.3 is 12.2 Å². The monoisotopic (exact) mass is 419 g/mol. The predicted octanol–water partition coefficient (Wildman–Crippen LogP) is 3.00. The maximum absolute atomic E-state index is 12.6. The van der Waals surface area contributed by atoms with Crippen LogP contribution >= 0.6 is 11.3 Å². The van der Waals surface area contributed by atoms with Gasteiger partial charge in [-0.25, -0.2) is 14.8 Å². The van der Waals surface area contributed by atoms with Gasteiger partial charge in [0.05, 0.1) is 5.56 Å². The lowest BCUT2D eigenvalue weighted by Gasteiger charge is -2.14. The number of alkyl halides is 3. The minimum absolute atomic E-state index is 0.141. The van der Waals surface area contributed by atoms with Gasteiger partial charge in [-0.2, -0.15) is 13.2 Å². The molecule has 3 rings (SSSR count). The third-order valence-electron chi connectivity index (χ3n) is 3.39. The third kappa shape index (κ3) is 5.17. The lowest BCUT2D eigenvalue weighted by atomic mass is 10.2. The molecule has 1 aromatic carbocycles. The van der Waals surface area contributed by atoms with Gasteiger partial charge < -0.3 is 11.1 Å². The van der Waals surface area contributed by atoms with Crippen LogP contribution in [0, 0.1) is 11.8 Å². The number of nitrogens with two attached hydrogens (primary N) is 1. The Labute approximate surface area is 166 Å². The molecule has 2 heterocycles. The van der Waals surface area contributed by atoms with Crippen molar-refractivity contribution in [1.29, 1.82) is 0 Å². The SMILES string of the molecule is CN(C(=O)Nc1cccc(C#Cc2cnc(N)nc2)c1)c1nnc(C(F)(F)F)s1. The summed E-state index contributed by atoms with van der Waals surface area (Å²) in [6, 6.07) is 5.95. The van der Waals surface area contributed by atoms with Crippen molar-refractivity contribution in [3.8, 4) is 11.8 Å². The molecule has 0 aliphatic heterocycles. The Morgan fingerprint density at radius 1 is 1.17 bits per heavy atom. The number of carbonyl (C=O) groups is 1. The highest BCUT2D eigenvalue weighted by Crippen LogP contribution is 2.34. The number of urea groups is 1. The van der Waals surface area contributed by atoms with E-state index in [9.17, 15) is 18.0 Å². The zero-order valence-corrected chi connectivity index (χ0v) is 15.5. The number of benzene rings is 1. The van der Waals surface area contributed by atoms with Crippen molar-refractivity contribution in [2.45, 2.75) is 6.18 Å². The summed E-state index contributed by atoms with van der Waals surface area (Å²) in [5, 5.41) is 7.71. The zero-order valence-electron chi connectivity index (χ0n) is 14.7. The van der Waals surface area contributed by atoms with Crippen LogP contribution in [-0.4, -0.2) is 33.2 Å². The van der Waals surface area contributed by atoms with Crippen LogP contribution in [0.3, 0.4) is 0 Å². The standard InChI is InChI=1S/C17H12F3N7OS/c1-27(16-26-25-13(29-16)17(18,19)20)15(28)24-12-4-2-3-10(7-12)5-6-11-8-22-14(21)23-9-11/h2-4,7-9H,1H3,(H,24,28)(H2,21,22,23). The van der Waals surface area contributed by atoms with E-state index >= 15 is 0 Å². The van der Waals surface area contributed by atoms with E-state index in [1.807, 2.05) is 0 Å². The molecule has 3 aromatic rings. The summed E-state index contributed by atoms with van der Waals surface area (Å²) in [5.74, 6) is 5.89. The lowest BCUT2D eigenvalue weighted by Crippen LogP contribution is -2.31. The maximum Gasteiger partial charge on any atom is 0.445 e. The second kappa shape index (κ2) is 8.11. The fourth-order valence-electron chi connectivity index (χ4n) is 1.98. The third-order valence-corrected chi connectivity index (χ3v) is 4.43. The van der Waals surface area contributed by atoms with Crippen molar-refractivity contribution < 1.29 is 18.0 Å². The van der Waals surface area contributed by atoms with E-state index < -0.39 is 17.2 Å². The Kier molecular flexibility index (Phi) is 5.60. The van der Waals surface area contributed by atoms with Crippen LogP contribution in [0.4, 0.5) is 34.7 Å². The van der Waals surface area contributed by atoms with Crippen LogP contribution in [0.15, 0.2) is 36.7 Å². The van der Waals surface area contributed by atoms with Gasteiger partial charge in [-0.15, -0.1) is 10.2 Å². The fraction of sp³-hybridized carbons (Fsp3) is 0.118. The van der Waals surface area contributed by atoms with E-state index in [0.717, 1.165) is 4.90 Å². The first kappa shape index (κ1) is 20.0. The van der Waals surface area contributed by atoms with Crippen molar-refractivity contribution in [2.24, 2.45) is 0 Å². The molecule has 0 atom stereocenters. The smallest absolute Gasteiger partial charge is 0.368 e. The number of carbonyl (C=O) groups excluding carboxylic acids is 1. The number of rotatable bonds is 2. The Morgan fingerprint density at radius 3 is 2.52 bits per heavy atom. The molecule has 0 unspecified atom stereocenters. The molecule has 0 bridgehead atoms. The van der Waals surface area contributed by atoms with Crippen LogP contribution < -0.4 is 16.0 Å². The van der Waals surface area contributed by atoms with E-state index in [-0.39, 0.29) is 22.4 Å². The average Bonchev–Trinajstić information content (AvgIpc) is 3.18. The molecule has 0 fully saturated rings. The Bertz CT molecular complexity index is 1090. The number of nitrogens with zero attached hydrogens (tertiary/aromatic N) is 5. The molecule has 0 saturated heterocycles. The van der Waals surface area contributed by atoms with Gasteiger partial charge in [0.15, 0.2) is 0 Å². The van der Waals surface area contributed by atoms with E-state index in [4.69, 9.17) is 5.73 Å². The van der Waals surface area contributed by atoms with Gasteiger partial charge in [0, 0.05) is 30.7 Å². The highest BCUT2D eigenvalue weighted by molar-refractivity contribution is 7.15. The molecule has 2 aromatic heterocycles. The number of nitrogens with one attached hydrogen (secondary N) is 1. The van der Waals surface area contributed by atoms with Gasteiger partial charge in [0.25, 0.3) is 0 Å². The van der Waals surface area contributed by atoms with Gasteiger partial charge in [-0.05, 0) is 18.2 Å². The molecule has 0 aliphatic carbocycles. The Hall–Kier alpha value is -3.72. The van der Waals surface area contributed by atoms with Crippen LogP contribution in [0.2, 0.25) is 0 Å². The van der Waals surface area contributed by atoms with Crippen LogP contribution in [0.1, 0.15) is 16.1 Å². The fourth-order valence-corrected chi connectivity index (χ4v) is 2.65. The number of hydrogen-bond donors (Lipinski definition) is 2. The first-order chi connectivity index (χ1) is 13.7. The molecular formula is C17H12F3N7OS. The second-order valence-corrected chi connectivity index (χ2v) is 6.49. The van der Waals surface area contributed by atoms with E-state index in [0.29, 0.717) is 16.8 Å². The van der Waals surface area contributed by atoms with E-state index in [2.05, 4.69) is 37.3 Å². The van der Waals surface area contributed by atoms with E-state index in [1.165, 1.54) is 19.4 Å². The van der Waals surface area contributed by atoms with Crippen molar-refractivity contribution >= 4 is 34.1 Å². The quantitative estimate of drug-likeness (QED) is 0.618. The number of halogens is 3. The normalized spacial score (nSPS) is 10.8. The Morgan fingerprint density at radius 2 is 1.86 bits per heavy atom. The van der Waals surface area contributed by atoms with Gasteiger partial charge in [0.1, 0.15) is 0 Å². The number of nitrogen functional groups attached to an aromatic ring is 1. The largest absolute Gasteiger partial charge is 0.445 e. The minimum Gasteiger partial charge on any atom is -0.368 e. The zero-order chi connectivity index (χ0) is 21.0. The van der Waals surface area contributed by atoms with Crippen molar-refractivity contribution in [3.63, 3.8) is 0 Å². The van der Waals surface area contributed by atoms with Crippen molar-refractivity contribution in [1.82, 2.24) is 20.2 Å². The summed E-state index contributed by atoms with van der Waals surface area (Å²) >= 11 is 0.271. The number of amides is 2. The van der Waals surface area contributed by atoms with Gasteiger partial charge in [-0.1, -0.05) is 29.2 Å². The lowest BCUT2D eigenvalue weighted by molar-refractivity contribution is -0.138. The molecule has 2 amide bonds. The molecule has 0 radical (unpaired) electrons. The molecular weight excluding hydrogens is 407 g/mol. The summed E-state index contributed by atoms with van der Waals surface area (Å²) in [6.07, 6.45) is -1.66. The first-order valence-electron chi connectivity index (χ1n) is 7.87. The summed E-state index contributed by atoms with van der Waals surface area (Å²) in [5.41, 5.74) is 6.97. The van der Waals surface area contributed by atoms with Crippen LogP contribution in [0.5, 0.6) is 0 Å². The summed E-state index contributed by atoms with van der Waals surface area (Å²) in [6.45, 7) is 0. The highest BCUT2D eigenvalue weighted by Gasteiger charge is 2.36. The van der Waals surface area contributed by atoms with Crippen LogP contribution in [0.25, 0.3) is 0 Å². The molecule has 3 N–H and O–H groups in total. The average molecular weight is 419 g/mol. The summed E-state index contributed by atoms with van der Waals surface area (Å²) < 4.78 is 37.9. The molecule has 29 heavy (non-hydrogen) atoms. The molecule has 148 valence electrons. The van der Waals surface area contributed by atoms with Crippen molar-refractivity contribution in [3.05, 3.63) is 52.8 Å². The highest BCUT2D eigenvalue weighted by atomic mass is 32.1. The molecule has 0 spiro atoms. The molecule has 0 saturated carbocycles. The summed E-state index contributed by atoms with van der Waals surface area (Å²) in [7, 11) is 1.29. The van der Waals surface area contributed by atoms with Crippen LogP contribution in [-0.2, 0) is 6.18 Å². The molecule has 0 aliphatic rings. The maximum atomic E-state index is 12.6. The second-order valence-electron chi connectivity index (χ2n) is 5.54. The number of anilines is 3. The van der Waals surface area contributed by atoms with Crippen molar-refractivity contribution in [2.75, 3.05) is 23.0 Å². The predicted molar refractivity (Wildman–Crippen MR) is 101 cm³/mol. The van der Waals surface area contributed by atoms with Gasteiger partial charge in [-0.3, -0.25) is 4.90 Å².